The highest BCUT2D eigenvalue weighted by molar-refractivity contribution is 6.14. The van der Waals surface area contributed by atoms with E-state index in [-0.39, 0.29) is 12.7 Å². The third-order valence-electron chi connectivity index (χ3n) is 4.23. The molecule has 132 valence electrons. The van der Waals surface area contributed by atoms with E-state index >= 15 is 0 Å². The van der Waals surface area contributed by atoms with Crippen molar-refractivity contribution in [3.8, 4) is 17.2 Å². The van der Waals surface area contributed by atoms with Gasteiger partial charge < -0.3 is 19.5 Å². The molecule has 0 radical (unpaired) electrons. The predicted octanol–water partition coefficient (Wildman–Crippen LogP) is 2.93. The highest BCUT2D eigenvalue weighted by atomic mass is 16.7. The molecule has 4 rings (SSSR count). The number of nitrogens with one attached hydrogen (secondary N) is 1. The summed E-state index contributed by atoms with van der Waals surface area (Å²) in [5.41, 5.74) is 2.37. The van der Waals surface area contributed by atoms with E-state index in [0.717, 1.165) is 23.3 Å². The van der Waals surface area contributed by atoms with Crippen molar-refractivity contribution in [3.63, 3.8) is 0 Å². The van der Waals surface area contributed by atoms with E-state index in [1.807, 2.05) is 42.5 Å². The average molecular weight is 350 g/mol. The molecule has 26 heavy (non-hydrogen) atoms. The van der Waals surface area contributed by atoms with Gasteiger partial charge in [-0.05, 0) is 47.9 Å². The molecule has 1 amide bonds. The largest absolute Gasteiger partial charge is 0.497 e. The third-order valence-corrected chi connectivity index (χ3v) is 4.23. The average Bonchev–Trinajstić information content (AvgIpc) is 3.26. The molecule has 0 saturated heterocycles. The van der Waals surface area contributed by atoms with Gasteiger partial charge in [0.2, 0.25) is 6.79 Å². The van der Waals surface area contributed by atoms with Crippen LogP contribution in [0, 0.1) is 0 Å². The molecule has 0 fully saturated rings. The number of hydrogen-bond donors (Lipinski definition) is 1. The van der Waals surface area contributed by atoms with Gasteiger partial charge in [-0.2, -0.15) is 0 Å². The van der Waals surface area contributed by atoms with Gasteiger partial charge >= 0.3 is 0 Å². The topological polar surface area (TPSA) is 69.1 Å². The Morgan fingerprint density at radius 3 is 2.92 bits per heavy atom. The summed E-state index contributed by atoms with van der Waals surface area (Å²) in [6, 6.07) is 13.4. The molecule has 2 aromatic rings. The highest BCUT2D eigenvalue weighted by Gasteiger charge is 2.20. The van der Waals surface area contributed by atoms with Gasteiger partial charge in [0.1, 0.15) is 17.3 Å². The van der Waals surface area contributed by atoms with E-state index in [9.17, 15) is 4.79 Å². The van der Waals surface area contributed by atoms with Gasteiger partial charge in [-0.15, -0.1) is 0 Å². The van der Waals surface area contributed by atoms with Crippen LogP contribution in [0.4, 0.5) is 0 Å². The fourth-order valence-electron chi connectivity index (χ4n) is 2.89. The Kier molecular flexibility index (Phi) is 4.31. The first-order valence-corrected chi connectivity index (χ1v) is 8.34. The van der Waals surface area contributed by atoms with Crippen LogP contribution in [-0.2, 0) is 11.2 Å². The number of nitrogens with zero attached hydrogens (tertiary/aromatic N) is 1. The number of benzene rings is 2. The number of amidine groups is 1. The summed E-state index contributed by atoms with van der Waals surface area (Å²) in [6.07, 6.45) is 3.17. The number of aryl methyl sites for hydroxylation is 1. The van der Waals surface area contributed by atoms with Crippen molar-refractivity contribution in [3.05, 3.63) is 59.3 Å². The summed E-state index contributed by atoms with van der Waals surface area (Å²) in [4.78, 5) is 16.6. The summed E-state index contributed by atoms with van der Waals surface area (Å²) < 4.78 is 15.9. The molecule has 2 aromatic carbocycles. The van der Waals surface area contributed by atoms with Gasteiger partial charge in [-0.3, -0.25) is 4.79 Å². The van der Waals surface area contributed by atoms with E-state index in [4.69, 9.17) is 14.2 Å². The molecule has 0 unspecified atom stereocenters. The van der Waals surface area contributed by atoms with Gasteiger partial charge in [0.15, 0.2) is 11.5 Å². The maximum absolute atomic E-state index is 12.2. The minimum Gasteiger partial charge on any atom is -0.497 e. The number of hydrogen-bond acceptors (Lipinski definition) is 5. The Hall–Kier alpha value is -3.28. The van der Waals surface area contributed by atoms with Crippen molar-refractivity contribution >= 4 is 17.8 Å². The van der Waals surface area contributed by atoms with Crippen LogP contribution in [0.1, 0.15) is 17.5 Å². The van der Waals surface area contributed by atoms with Crippen LogP contribution in [-0.4, -0.2) is 25.6 Å². The van der Waals surface area contributed by atoms with Crippen LogP contribution >= 0.6 is 0 Å². The molecule has 0 bridgehead atoms. The summed E-state index contributed by atoms with van der Waals surface area (Å²) in [7, 11) is 1.65. The maximum Gasteiger partial charge on any atom is 0.275 e. The first kappa shape index (κ1) is 16.2. The molecule has 2 aliphatic heterocycles. The van der Waals surface area contributed by atoms with E-state index in [2.05, 4.69) is 10.3 Å². The lowest BCUT2D eigenvalue weighted by Gasteiger charge is -2.04. The molecule has 0 aliphatic carbocycles. The highest BCUT2D eigenvalue weighted by Crippen LogP contribution is 2.33. The zero-order valence-corrected chi connectivity index (χ0v) is 14.3. The van der Waals surface area contributed by atoms with Crippen LogP contribution in [0.2, 0.25) is 0 Å². The number of rotatable bonds is 5. The van der Waals surface area contributed by atoms with E-state index < -0.39 is 0 Å². The predicted molar refractivity (Wildman–Crippen MR) is 97.4 cm³/mol. The smallest absolute Gasteiger partial charge is 0.275 e. The van der Waals surface area contributed by atoms with Gasteiger partial charge in [0, 0.05) is 6.42 Å². The Bertz CT molecular complexity index is 918. The maximum atomic E-state index is 12.2. The molecule has 6 nitrogen and oxygen atoms in total. The van der Waals surface area contributed by atoms with Gasteiger partial charge in [-0.25, -0.2) is 4.99 Å². The van der Waals surface area contributed by atoms with E-state index in [1.54, 1.807) is 13.2 Å². The van der Waals surface area contributed by atoms with Gasteiger partial charge in [0.05, 0.1) is 7.11 Å². The van der Waals surface area contributed by atoms with E-state index in [1.165, 1.54) is 0 Å². The normalized spacial score (nSPS) is 16.6. The van der Waals surface area contributed by atoms with Gasteiger partial charge in [0.25, 0.3) is 5.91 Å². The fraction of sp³-hybridized carbons (Fsp3) is 0.200. The lowest BCUT2D eigenvalue weighted by Crippen LogP contribution is -2.24. The number of fused-ring (bicyclic) bond motifs is 1. The summed E-state index contributed by atoms with van der Waals surface area (Å²) in [5.74, 6) is 2.70. The van der Waals surface area contributed by atoms with Crippen LogP contribution in [0.5, 0.6) is 17.2 Å². The molecule has 0 spiro atoms. The summed E-state index contributed by atoms with van der Waals surface area (Å²) in [5, 5.41) is 2.83. The Labute approximate surface area is 151 Å². The molecular formula is C20H18N2O4. The van der Waals surface area contributed by atoms with Crippen LogP contribution in [0.15, 0.2) is 53.2 Å². The number of methoxy groups -OCH3 is 1. The molecule has 2 aliphatic rings. The fourth-order valence-corrected chi connectivity index (χ4v) is 2.89. The molecule has 0 atom stereocenters. The van der Waals surface area contributed by atoms with Crippen LogP contribution < -0.4 is 19.5 Å². The van der Waals surface area contributed by atoms with Crippen molar-refractivity contribution in [1.82, 2.24) is 5.32 Å². The number of amides is 1. The molecule has 1 N–H and O–H groups in total. The quantitative estimate of drug-likeness (QED) is 0.842. The monoisotopic (exact) mass is 350 g/mol. The summed E-state index contributed by atoms with van der Waals surface area (Å²) in [6.45, 7) is 0.225. The first-order chi connectivity index (χ1) is 12.7. The van der Waals surface area contributed by atoms with Crippen molar-refractivity contribution in [2.24, 2.45) is 4.99 Å². The standard InChI is InChI=1S/C20H18N2O4/c1-24-15-4-2-3-13(9-15)6-8-19-21-16(20(23)22-19)10-14-5-7-17-18(11-14)26-12-25-17/h2-5,7,9-11H,6,8,12H2,1H3,(H,21,22,23)/b16-10+. The number of carbonyl (C=O) groups excluding carboxylic acids is 1. The molecule has 2 heterocycles. The molecular weight excluding hydrogens is 332 g/mol. The van der Waals surface area contributed by atoms with Crippen molar-refractivity contribution < 1.29 is 19.0 Å². The first-order valence-electron chi connectivity index (χ1n) is 8.34. The van der Waals surface area contributed by atoms with Crippen molar-refractivity contribution in [2.75, 3.05) is 13.9 Å². The zero-order valence-electron chi connectivity index (χ0n) is 14.3. The second-order valence-electron chi connectivity index (χ2n) is 6.01. The molecule has 0 saturated carbocycles. The van der Waals surface area contributed by atoms with E-state index in [0.29, 0.717) is 29.5 Å². The van der Waals surface area contributed by atoms with Crippen molar-refractivity contribution in [1.29, 1.82) is 0 Å². The van der Waals surface area contributed by atoms with Gasteiger partial charge in [-0.1, -0.05) is 18.2 Å². The molecule has 6 heteroatoms. The SMILES string of the molecule is COc1cccc(CCC2=N/C(=C/c3ccc4c(c3)OCO4)C(=O)N2)c1. The van der Waals surface area contributed by atoms with Crippen LogP contribution in [0.3, 0.4) is 0 Å². The van der Waals surface area contributed by atoms with Crippen LogP contribution in [0.25, 0.3) is 6.08 Å². The Balaban J connectivity index is 1.46. The number of carbonyl (C=O) groups is 1. The minimum atomic E-state index is -0.191. The lowest BCUT2D eigenvalue weighted by atomic mass is 10.1. The second-order valence-corrected chi connectivity index (χ2v) is 6.01. The second kappa shape index (κ2) is 6.92. The third kappa shape index (κ3) is 3.39. The Morgan fingerprint density at radius 1 is 1.15 bits per heavy atom. The molecule has 0 aromatic heterocycles. The minimum absolute atomic E-state index is 0.191. The number of ether oxygens (including phenoxy) is 3. The summed E-state index contributed by atoms with van der Waals surface area (Å²) >= 11 is 0. The number of aliphatic imine (C=N–C) groups is 1. The lowest BCUT2D eigenvalue weighted by molar-refractivity contribution is -0.115. The Morgan fingerprint density at radius 2 is 2.04 bits per heavy atom. The van der Waals surface area contributed by atoms with Crippen molar-refractivity contribution in [2.45, 2.75) is 12.8 Å². The zero-order chi connectivity index (χ0) is 17.9.